The van der Waals surface area contributed by atoms with E-state index in [-0.39, 0.29) is 12.1 Å². The third-order valence-corrected chi connectivity index (χ3v) is 7.14. The van der Waals surface area contributed by atoms with Crippen LogP contribution in [-0.2, 0) is 10.0 Å². The summed E-state index contributed by atoms with van der Waals surface area (Å²) in [5.41, 5.74) is 2.13. The molecule has 2 fully saturated rings. The average molecular weight is 342 g/mol. The van der Waals surface area contributed by atoms with E-state index in [1.807, 2.05) is 42.5 Å². The Labute approximate surface area is 143 Å². The van der Waals surface area contributed by atoms with Gasteiger partial charge in [0.15, 0.2) is 0 Å². The Bertz CT molecular complexity index is 789. The number of nitrogens with one attached hydrogen (secondary N) is 1. The monoisotopic (exact) mass is 342 g/mol. The van der Waals surface area contributed by atoms with Crippen molar-refractivity contribution in [3.8, 4) is 11.1 Å². The van der Waals surface area contributed by atoms with Crippen molar-refractivity contribution >= 4 is 10.0 Å². The van der Waals surface area contributed by atoms with E-state index < -0.39 is 10.0 Å². The molecular weight excluding hydrogens is 320 g/mol. The molecule has 0 radical (unpaired) electrons. The van der Waals surface area contributed by atoms with E-state index in [4.69, 9.17) is 0 Å². The molecule has 126 valence electrons. The van der Waals surface area contributed by atoms with Crippen LogP contribution in [0.3, 0.4) is 0 Å². The normalized spacial score (nSPS) is 24.7. The van der Waals surface area contributed by atoms with Crippen LogP contribution in [0.1, 0.15) is 19.3 Å². The van der Waals surface area contributed by atoms with Crippen LogP contribution in [0.4, 0.5) is 0 Å². The van der Waals surface area contributed by atoms with Gasteiger partial charge in [-0.15, -0.1) is 0 Å². The van der Waals surface area contributed by atoms with Crippen LogP contribution in [0.15, 0.2) is 59.5 Å². The second-order valence-electron chi connectivity index (χ2n) is 6.60. The van der Waals surface area contributed by atoms with Crippen molar-refractivity contribution in [2.75, 3.05) is 13.1 Å². The molecule has 2 unspecified atom stereocenters. The topological polar surface area (TPSA) is 49.4 Å². The largest absolute Gasteiger partial charge is 0.315 e. The van der Waals surface area contributed by atoms with Crippen LogP contribution in [0.2, 0.25) is 0 Å². The van der Waals surface area contributed by atoms with Gasteiger partial charge >= 0.3 is 0 Å². The summed E-state index contributed by atoms with van der Waals surface area (Å²) in [4.78, 5) is 0.404. The Morgan fingerprint density at radius 1 is 0.833 bits per heavy atom. The standard InChI is InChI=1S/C19H22N2O2S/c22-24(23,21-17-8-9-18(21)14-20-13-12-17)19-10-6-16(7-11-19)15-4-2-1-3-5-15/h1-7,10-11,17-18,20H,8-9,12-14H2. The highest BCUT2D eigenvalue weighted by Crippen LogP contribution is 2.34. The lowest BCUT2D eigenvalue weighted by Gasteiger charge is -2.27. The molecule has 0 aliphatic carbocycles. The van der Waals surface area contributed by atoms with Crippen LogP contribution >= 0.6 is 0 Å². The predicted molar refractivity (Wildman–Crippen MR) is 95.2 cm³/mol. The van der Waals surface area contributed by atoms with Gasteiger partial charge in [-0.2, -0.15) is 4.31 Å². The van der Waals surface area contributed by atoms with Crippen molar-refractivity contribution in [3.63, 3.8) is 0 Å². The van der Waals surface area contributed by atoms with Gasteiger partial charge in [0.05, 0.1) is 4.90 Å². The van der Waals surface area contributed by atoms with Crippen molar-refractivity contribution in [1.82, 2.24) is 9.62 Å². The maximum Gasteiger partial charge on any atom is 0.243 e. The summed E-state index contributed by atoms with van der Waals surface area (Å²) < 4.78 is 28.1. The van der Waals surface area contributed by atoms with Crippen molar-refractivity contribution in [3.05, 3.63) is 54.6 Å². The van der Waals surface area contributed by atoms with Crippen molar-refractivity contribution in [2.45, 2.75) is 36.2 Å². The van der Waals surface area contributed by atoms with Gasteiger partial charge < -0.3 is 5.32 Å². The molecule has 2 bridgehead atoms. The Morgan fingerprint density at radius 2 is 1.50 bits per heavy atom. The Morgan fingerprint density at radius 3 is 2.25 bits per heavy atom. The molecule has 5 heteroatoms. The molecule has 2 saturated heterocycles. The van der Waals surface area contributed by atoms with Crippen LogP contribution in [0.5, 0.6) is 0 Å². The summed E-state index contributed by atoms with van der Waals surface area (Å²) in [5, 5.41) is 3.36. The number of rotatable bonds is 3. The van der Waals surface area contributed by atoms with Gasteiger partial charge in [-0.3, -0.25) is 0 Å². The third kappa shape index (κ3) is 2.77. The predicted octanol–water partition coefficient (Wildman–Crippen LogP) is 2.87. The molecule has 0 amide bonds. The first-order chi connectivity index (χ1) is 11.7. The Kier molecular flexibility index (Phi) is 4.16. The third-order valence-electron chi connectivity index (χ3n) is 5.12. The van der Waals surface area contributed by atoms with Crippen LogP contribution in [0, 0.1) is 0 Å². The lowest BCUT2D eigenvalue weighted by molar-refractivity contribution is 0.334. The van der Waals surface area contributed by atoms with Crippen LogP contribution < -0.4 is 5.32 Å². The number of nitrogens with zero attached hydrogens (tertiary/aromatic N) is 1. The molecule has 2 aromatic rings. The fraction of sp³-hybridized carbons (Fsp3) is 0.368. The highest BCUT2D eigenvalue weighted by atomic mass is 32.2. The van der Waals surface area contributed by atoms with E-state index in [9.17, 15) is 8.42 Å². The number of hydrogen-bond acceptors (Lipinski definition) is 3. The summed E-state index contributed by atoms with van der Waals surface area (Å²) in [6.45, 7) is 1.66. The van der Waals surface area contributed by atoms with Crippen molar-refractivity contribution < 1.29 is 8.42 Å². The van der Waals surface area contributed by atoms with Crippen molar-refractivity contribution in [2.24, 2.45) is 0 Å². The molecule has 24 heavy (non-hydrogen) atoms. The van der Waals surface area contributed by atoms with E-state index >= 15 is 0 Å². The summed E-state index contributed by atoms with van der Waals surface area (Å²) in [7, 11) is -3.43. The first-order valence-electron chi connectivity index (χ1n) is 8.56. The molecule has 0 spiro atoms. The van der Waals surface area contributed by atoms with Gasteiger partial charge in [-0.25, -0.2) is 8.42 Å². The van der Waals surface area contributed by atoms with Crippen LogP contribution in [0.25, 0.3) is 11.1 Å². The highest BCUT2D eigenvalue weighted by Gasteiger charge is 2.42. The summed E-state index contributed by atoms with van der Waals surface area (Å²) >= 11 is 0. The molecular formula is C19H22N2O2S. The Balaban J connectivity index is 1.65. The van der Waals surface area contributed by atoms with E-state index in [0.29, 0.717) is 4.90 Å². The number of benzene rings is 2. The summed E-state index contributed by atoms with van der Waals surface area (Å²) in [6, 6.07) is 17.6. The maximum absolute atomic E-state index is 13.1. The fourth-order valence-electron chi connectivity index (χ4n) is 3.90. The first-order valence-corrected chi connectivity index (χ1v) is 10.00. The number of sulfonamides is 1. The molecule has 0 aromatic heterocycles. The van der Waals surface area contributed by atoms with Gasteiger partial charge in [-0.05, 0) is 49.1 Å². The average Bonchev–Trinajstić information content (AvgIpc) is 2.89. The van der Waals surface area contributed by atoms with Crippen molar-refractivity contribution in [1.29, 1.82) is 0 Å². The van der Waals surface area contributed by atoms with Gasteiger partial charge in [0, 0.05) is 18.6 Å². The molecule has 2 heterocycles. The SMILES string of the molecule is O=S(=O)(c1ccc(-c2ccccc2)cc1)N1C2CCNCC1CC2. The molecule has 4 nitrogen and oxygen atoms in total. The lowest BCUT2D eigenvalue weighted by Crippen LogP contribution is -2.42. The second kappa shape index (κ2) is 6.31. The quantitative estimate of drug-likeness (QED) is 0.933. The molecule has 4 rings (SSSR count). The van der Waals surface area contributed by atoms with E-state index in [1.165, 1.54) is 0 Å². The molecule has 2 aromatic carbocycles. The molecule has 2 atom stereocenters. The minimum atomic E-state index is -3.43. The number of hydrogen-bond donors (Lipinski definition) is 1. The van der Waals surface area contributed by atoms with E-state index in [2.05, 4.69) is 5.32 Å². The van der Waals surface area contributed by atoms with E-state index in [0.717, 1.165) is 43.5 Å². The molecule has 0 saturated carbocycles. The molecule has 2 aliphatic rings. The minimum Gasteiger partial charge on any atom is -0.315 e. The zero-order valence-corrected chi connectivity index (χ0v) is 14.4. The Hall–Kier alpha value is -1.69. The minimum absolute atomic E-state index is 0.0938. The van der Waals surface area contributed by atoms with Crippen LogP contribution in [-0.4, -0.2) is 37.9 Å². The second-order valence-corrected chi connectivity index (χ2v) is 8.45. The maximum atomic E-state index is 13.1. The number of fused-ring (bicyclic) bond motifs is 2. The van der Waals surface area contributed by atoms with Gasteiger partial charge in [0.2, 0.25) is 10.0 Å². The van der Waals surface area contributed by atoms with Gasteiger partial charge in [-0.1, -0.05) is 42.5 Å². The summed E-state index contributed by atoms with van der Waals surface area (Å²) in [5.74, 6) is 0. The van der Waals surface area contributed by atoms with Gasteiger partial charge in [0.1, 0.15) is 0 Å². The van der Waals surface area contributed by atoms with Gasteiger partial charge in [0.25, 0.3) is 0 Å². The first kappa shape index (κ1) is 15.8. The van der Waals surface area contributed by atoms with E-state index in [1.54, 1.807) is 16.4 Å². The molecule has 1 N–H and O–H groups in total. The highest BCUT2D eigenvalue weighted by molar-refractivity contribution is 7.89. The zero-order valence-electron chi connectivity index (χ0n) is 13.6. The smallest absolute Gasteiger partial charge is 0.243 e. The lowest BCUT2D eigenvalue weighted by atomic mass is 10.1. The molecule has 2 aliphatic heterocycles. The zero-order chi connectivity index (χ0) is 16.6. The summed E-state index contributed by atoms with van der Waals surface area (Å²) in [6.07, 6.45) is 2.84. The fourth-order valence-corrected chi connectivity index (χ4v) is 5.80.